The number of halogens is 2. The summed E-state index contributed by atoms with van der Waals surface area (Å²) in [5, 5.41) is -0.169. The largest absolute Gasteiger partial charge is 0.281 e. The third-order valence-electron chi connectivity index (χ3n) is 2.06. The Balaban J connectivity index is 2.31. The molecule has 0 heterocycles. The Morgan fingerprint density at radius 2 is 2.10 bits per heavy atom. The molecular formula is C7H10Cl2O. The molecule has 0 amide bonds. The fraction of sp³-hybridized carbons (Fsp3) is 0.857. The molecule has 0 N–H and O–H groups in total. The van der Waals surface area contributed by atoms with E-state index in [-0.39, 0.29) is 10.7 Å². The van der Waals surface area contributed by atoms with E-state index >= 15 is 0 Å². The maximum absolute atomic E-state index is 10.8. The first kappa shape index (κ1) is 8.35. The monoisotopic (exact) mass is 180 g/mol. The van der Waals surface area contributed by atoms with Gasteiger partial charge in [0.15, 0.2) is 0 Å². The topological polar surface area (TPSA) is 17.1 Å². The maximum atomic E-state index is 10.8. The Morgan fingerprint density at radius 1 is 1.50 bits per heavy atom. The van der Waals surface area contributed by atoms with Crippen molar-refractivity contribution in [2.75, 3.05) is 5.88 Å². The fourth-order valence-electron chi connectivity index (χ4n) is 1.10. The molecule has 0 bridgehead atoms. The standard InChI is InChI=1S/C7H10Cl2O/c8-5-1-2-7(3-4-7)6(9)10/h1-5H2. The predicted molar refractivity (Wildman–Crippen MR) is 42.5 cm³/mol. The van der Waals surface area contributed by atoms with Crippen LogP contribution >= 0.6 is 23.2 Å². The highest BCUT2D eigenvalue weighted by Gasteiger charge is 2.47. The van der Waals surface area contributed by atoms with Crippen LogP contribution in [0.4, 0.5) is 0 Å². The summed E-state index contributed by atoms with van der Waals surface area (Å²) in [6.07, 6.45) is 3.71. The van der Waals surface area contributed by atoms with Gasteiger partial charge in [0.1, 0.15) is 0 Å². The van der Waals surface area contributed by atoms with Gasteiger partial charge in [0.25, 0.3) is 0 Å². The summed E-state index contributed by atoms with van der Waals surface area (Å²) in [5.74, 6) is 0.631. The number of hydrogen-bond acceptors (Lipinski definition) is 1. The lowest BCUT2D eigenvalue weighted by Gasteiger charge is -2.06. The molecule has 1 nitrogen and oxygen atoms in total. The molecule has 0 atom stereocenters. The summed E-state index contributed by atoms with van der Waals surface area (Å²) in [7, 11) is 0. The van der Waals surface area contributed by atoms with Crippen LogP contribution in [-0.2, 0) is 4.79 Å². The van der Waals surface area contributed by atoms with E-state index in [9.17, 15) is 4.79 Å². The van der Waals surface area contributed by atoms with Gasteiger partial charge in [0.2, 0.25) is 5.24 Å². The van der Waals surface area contributed by atoms with Crippen LogP contribution in [0.3, 0.4) is 0 Å². The minimum atomic E-state index is -0.169. The molecule has 0 radical (unpaired) electrons. The van der Waals surface area contributed by atoms with Gasteiger partial charge in [0, 0.05) is 11.3 Å². The normalized spacial score (nSPS) is 20.6. The third-order valence-corrected chi connectivity index (χ3v) is 2.73. The number of hydrogen-bond donors (Lipinski definition) is 0. The zero-order valence-electron chi connectivity index (χ0n) is 5.70. The third kappa shape index (κ3) is 1.64. The highest BCUT2D eigenvalue weighted by Crippen LogP contribution is 2.51. The summed E-state index contributed by atoms with van der Waals surface area (Å²) in [6.45, 7) is 0. The molecule has 10 heavy (non-hydrogen) atoms. The second kappa shape index (κ2) is 3.10. The zero-order chi connectivity index (χ0) is 7.61. The minimum absolute atomic E-state index is 0.156. The van der Waals surface area contributed by atoms with Crippen LogP contribution in [0.15, 0.2) is 0 Å². The second-order valence-electron chi connectivity index (χ2n) is 2.85. The van der Waals surface area contributed by atoms with Crippen molar-refractivity contribution in [1.82, 2.24) is 0 Å². The van der Waals surface area contributed by atoms with Gasteiger partial charge in [-0.25, -0.2) is 0 Å². The fourth-order valence-corrected chi connectivity index (χ4v) is 1.52. The lowest BCUT2D eigenvalue weighted by Crippen LogP contribution is -2.09. The quantitative estimate of drug-likeness (QED) is 0.481. The average molecular weight is 181 g/mol. The van der Waals surface area contributed by atoms with Crippen molar-refractivity contribution in [3.63, 3.8) is 0 Å². The molecule has 0 unspecified atom stereocenters. The summed E-state index contributed by atoms with van der Waals surface area (Å²) in [5.41, 5.74) is -0.156. The van der Waals surface area contributed by atoms with Gasteiger partial charge in [-0.15, -0.1) is 11.6 Å². The summed E-state index contributed by atoms with van der Waals surface area (Å²) in [4.78, 5) is 10.8. The predicted octanol–water partition coefficient (Wildman–Crippen LogP) is 2.55. The van der Waals surface area contributed by atoms with Crippen molar-refractivity contribution in [1.29, 1.82) is 0 Å². The van der Waals surface area contributed by atoms with Crippen LogP contribution in [0.2, 0.25) is 0 Å². The second-order valence-corrected chi connectivity index (χ2v) is 3.57. The number of carbonyl (C=O) groups excluding carboxylic acids is 1. The van der Waals surface area contributed by atoms with Crippen LogP contribution in [0.1, 0.15) is 25.7 Å². The molecule has 0 aromatic rings. The molecule has 0 aromatic heterocycles. The lowest BCUT2D eigenvalue weighted by molar-refractivity contribution is -0.116. The van der Waals surface area contributed by atoms with Crippen molar-refractivity contribution in [3.05, 3.63) is 0 Å². The Labute approximate surface area is 70.7 Å². The molecule has 58 valence electrons. The van der Waals surface area contributed by atoms with E-state index in [1.54, 1.807) is 0 Å². The van der Waals surface area contributed by atoms with E-state index in [0.717, 1.165) is 25.7 Å². The molecule has 1 fully saturated rings. The molecule has 0 spiro atoms. The molecule has 0 aliphatic heterocycles. The van der Waals surface area contributed by atoms with Crippen molar-refractivity contribution < 1.29 is 4.79 Å². The molecule has 1 saturated carbocycles. The van der Waals surface area contributed by atoms with Crippen LogP contribution in [-0.4, -0.2) is 11.1 Å². The first-order chi connectivity index (χ1) is 4.71. The SMILES string of the molecule is O=C(Cl)C1(CCCCl)CC1. The first-order valence-corrected chi connectivity index (χ1v) is 4.38. The number of alkyl halides is 1. The van der Waals surface area contributed by atoms with Gasteiger partial charge in [-0.2, -0.15) is 0 Å². The lowest BCUT2D eigenvalue weighted by atomic mass is 10.0. The first-order valence-electron chi connectivity index (χ1n) is 3.47. The summed E-state index contributed by atoms with van der Waals surface area (Å²) >= 11 is 10.9. The Hall–Kier alpha value is 0.250. The molecule has 0 saturated heterocycles. The summed E-state index contributed by atoms with van der Waals surface area (Å²) < 4.78 is 0. The van der Waals surface area contributed by atoms with Gasteiger partial charge in [-0.05, 0) is 37.3 Å². The van der Waals surface area contributed by atoms with Gasteiger partial charge in [-0.3, -0.25) is 4.79 Å². The van der Waals surface area contributed by atoms with Crippen LogP contribution in [0.5, 0.6) is 0 Å². The number of rotatable bonds is 4. The van der Waals surface area contributed by atoms with Gasteiger partial charge >= 0.3 is 0 Å². The van der Waals surface area contributed by atoms with E-state index in [0.29, 0.717) is 5.88 Å². The van der Waals surface area contributed by atoms with E-state index in [4.69, 9.17) is 23.2 Å². The minimum Gasteiger partial charge on any atom is -0.281 e. The summed E-state index contributed by atoms with van der Waals surface area (Å²) in [6, 6.07) is 0. The van der Waals surface area contributed by atoms with Crippen molar-refractivity contribution in [3.8, 4) is 0 Å². The Bertz CT molecular complexity index is 141. The average Bonchev–Trinajstić information content (AvgIpc) is 2.64. The molecule has 3 heteroatoms. The molecule has 1 aliphatic rings. The van der Waals surface area contributed by atoms with Crippen LogP contribution in [0.25, 0.3) is 0 Å². The van der Waals surface area contributed by atoms with Crippen molar-refractivity contribution in [2.45, 2.75) is 25.7 Å². The van der Waals surface area contributed by atoms with Gasteiger partial charge in [-0.1, -0.05) is 0 Å². The Kier molecular flexibility index (Phi) is 2.59. The van der Waals surface area contributed by atoms with E-state index in [1.807, 2.05) is 0 Å². The highest BCUT2D eigenvalue weighted by molar-refractivity contribution is 6.65. The van der Waals surface area contributed by atoms with E-state index in [2.05, 4.69) is 0 Å². The highest BCUT2D eigenvalue weighted by atomic mass is 35.5. The van der Waals surface area contributed by atoms with Crippen molar-refractivity contribution in [2.24, 2.45) is 5.41 Å². The van der Waals surface area contributed by atoms with Crippen LogP contribution in [0, 0.1) is 5.41 Å². The molecular weight excluding hydrogens is 171 g/mol. The smallest absolute Gasteiger partial charge is 0.227 e. The van der Waals surface area contributed by atoms with E-state index in [1.165, 1.54) is 0 Å². The van der Waals surface area contributed by atoms with Crippen molar-refractivity contribution >= 4 is 28.4 Å². The zero-order valence-corrected chi connectivity index (χ0v) is 7.21. The maximum Gasteiger partial charge on any atom is 0.227 e. The molecule has 0 aromatic carbocycles. The molecule has 1 rings (SSSR count). The van der Waals surface area contributed by atoms with Gasteiger partial charge < -0.3 is 0 Å². The van der Waals surface area contributed by atoms with E-state index < -0.39 is 0 Å². The van der Waals surface area contributed by atoms with Crippen LogP contribution < -0.4 is 0 Å². The number of carbonyl (C=O) groups is 1. The molecule has 1 aliphatic carbocycles. The Morgan fingerprint density at radius 3 is 2.40 bits per heavy atom. The van der Waals surface area contributed by atoms with Gasteiger partial charge in [0.05, 0.1) is 0 Å².